The maximum absolute atomic E-state index is 4.84. The largest absolute Gasteiger partial charge is 0.252 e. The van der Waals surface area contributed by atoms with Gasteiger partial charge in [-0.3, -0.25) is 4.98 Å². The van der Waals surface area contributed by atoms with Crippen LogP contribution in [0, 0.1) is 12.8 Å². The lowest BCUT2D eigenvalue weighted by Crippen LogP contribution is -2.13. The number of hydrogen-bond acceptors (Lipinski definition) is 1. The zero-order chi connectivity index (χ0) is 21.0. The molecule has 0 fully saturated rings. The van der Waals surface area contributed by atoms with Crippen molar-refractivity contribution in [3.05, 3.63) is 82.6 Å². The Bertz CT molecular complexity index is 1050. The summed E-state index contributed by atoms with van der Waals surface area (Å²) < 4.78 is 0. The van der Waals surface area contributed by atoms with Gasteiger partial charge >= 0.3 is 0 Å². The standard InChI is InChI=1S/C28H33N/c1-20(2)8-7-9-24-18-22(11-10-21(24)3)12-13-23-14-16-26-25(19-23)15-17-27(29-26)28(4,5)6/h7,9-20H,8H2,1-6H3/b9-7-,13-12+. The molecule has 3 rings (SSSR count). The van der Waals surface area contributed by atoms with Gasteiger partial charge < -0.3 is 0 Å². The summed E-state index contributed by atoms with van der Waals surface area (Å²) >= 11 is 0. The summed E-state index contributed by atoms with van der Waals surface area (Å²) in [6.45, 7) is 13.3. The molecule has 1 heterocycles. The van der Waals surface area contributed by atoms with Gasteiger partial charge in [-0.2, -0.15) is 0 Å². The molecule has 0 aliphatic rings. The highest BCUT2D eigenvalue weighted by molar-refractivity contribution is 5.83. The van der Waals surface area contributed by atoms with E-state index in [1.54, 1.807) is 0 Å². The van der Waals surface area contributed by atoms with Gasteiger partial charge in [0.1, 0.15) is 0 Å². The average molecular weight is 384 g/mol. The summed E-state index contributed by atoms with van der Waals surface area (Å²) in [7, 11) is 0. The number of hydrogen-bond donors (Lipinski definition) is 0. The highest BCUT2D eigenvalue weighted by atomic mass is 14.7. The van der Waals surface area contributed by atoms with Crippen LogP contribution in [-0.2, 0) is 5.41 Å². The summed E-state index contributed by atoms with van der Waals surface area (Å²) in [5, 5.41) is 1.18. The van der Waals surface area contributed by atoms with Crippen molar-refractivity contribution in [1.82, 2.24) is 4.98 Å². The zero-order valence-corrected chi connectivity index (χ0v) is 18.7. The molecule has 0 atom stereocenters. The van der Waals surface area contributed by atoms with Crippen LogP contribution in [0.4, 0.5) is 0 Å². The van der Waals surface area contributed by atoms with Gasteiger partial charge in [-0.05, 0) is 65.8 Å². The molecular weight excluding hydrogens is 350 g/mol. The molecule has 0 unspecified atom stereocenters. The van der Waals surface area contributed by atoms with Crippen molar-refractivity contribution in [1.29, 1.82) is 0 Å². The molecule has 2 aromatic carbocycles. The summed E-state index contributed by atoms with van der Waals surface area (Å²) in [5.41, 5.74) is 7.29. The minimum absolute atomic E-state index is 0.0690. The molecule has 150 valence electrons. The quantitative estimate of drug-likeness (QED) is 0.406. The Balaban J connectivity index is 1.82. The van der Waals surface area contributed by atoms with Crippen molar-refractivity contribution >= 4 is 29.1 Å². The Morgan fingerprint density at radius 3 is 2.24 bits per heavy atom. The van der Waals surface area contributed by atoms with Crippen molar-refractivity contribution < 1.29 is 0 Å². The second kappa shape index (κ2) is 8.78. The smallest absolute Gasteiger partial charge is 0.0705 e. The van der Waals surface area contributed by atoms with Gasteiger partial charge in [-0.15, -0.1) is 0 Å². The molecule has 0 aliphatic carbocycles. The predicted molar refractivity (Wildman–Crippen MR) is 129 cm³/mol. The monoisotopic (exact) mass is 383 g/mol. The lowest BCUT2D eigenvalue weighted by Gasteiger charge is -2.18. The number of benzene rings is 2. The molecule has 0 bridgehead atoms. The van der Waals surface area contributed by atoms with E-state index >= 15 is 0 Å². The second-order valence-electron chi connectivity index (χ2n) is 9.38. The van der Waals surface area contributed by atoms with Gasteiger partial charge in [0.25, 0.3) is 0 Å². The fraction of sp³-hybridized carbons (Fsp3) is 0.321. The van der Waals surface area contributed by atoms with Crippen LogP contribution in [0.1, 0.15) is 69.0 Å². The minimum Gasteiger partial charge on any atom is -0.252 e. The number of allylic oxidation sites excluding steroid dienone is 1. The number of fused-ring (bicyclic) bond motifs is 1. The van der Waals surface area contributed by atoms with E-state index in [1.165, 1.54) is 27.6 Å². The molecule has 1 heteroatoms. The van der Waals surface area contributed by atoms with Crippen LogP contribution in [0.2, 0.25) is 0 Å². The van der Waals surface area contributed by atoms with Crippen LogP contribution < -0.4 is 0 Å². The van der Waals surface area contributed by atoms with Gasteiger partial charge in [-0.25, -0.2) is 0 Å². The van der Waals surface area contributed by atoms with Gasteiger partial charge in [0, 0.05) is 16.5 Å². The molecule has 0 saturated heterocycles. The Morgan fingerprint density at radius 2 is 1.55 bits per heavy atom. The summed E-state index contributed by atoms with van der Waals surface area (Å²) in [5.74, 6) is 0.691. The molecule has 1 aromatic heterocycles. The second-order valence-corrected chi connectivity index (χ2v) is 9.38. The normalized spacial score (nSPS) is 12.7. The van der Waals surface area contributed by atoms with Crippen molar-refractivity contribution in [2.24, 2.45) is 5.92 Å². The van der Waals surface area contributed by atoms with Crippen LogP contribution >= 0.6 is 0 Å². The van der Waals surface area contributed by atoms with Crippen molar-refractivity contribution in [2.45, 2.75) is 53.4 Å². The third kappa shape index (κ3) is 5.67. The van der Waals surface area contributed by atoms with Crippen molar-refractivity contribution in [3.8, 4) is 0 Å². The van der Waals surface area contributed by atoms with E-state index < -0.39 is 0 Å². The SMILES string of the molecule is Cc1ccc(/C=C/c2ccc3nc(C(C)(C)C)ccc3c2)cc1/C=C\CC(C)C. The van der Waals surface area contributed by atoms with E-state index in [2.05, 4.69) is 114 Å². The molecule has 1 nitrogen and oxygen atoms in total. The number of rotatable bonds is 5. The third-order valence-corrected chi connectivity index (χ3v) is 5.16. The first kappa shape index (κ1) is 21.0. The molecule has 0 aliphatic heterocycles. The summed E-state index contributed by atoms with van der Waals surface area (Å²) in [6, 6.07) is 17.5. The van der Waals surface area contributed by atoms with E-state index in [1.807, 2.05) is 0 Å². The third-order valence-electron chi connectivity index (χ3n) is 5.16. The molecule has 0 radical (unpaired) electrons. The maximum Gasteiger partial charge on any atom is 0.0705 e. The van der Waals surface area contributed by atoms with E-state index in [0.717, 1.165) is 17.6 Å². The topological polar surface area (TPSA) is 12.9 Å². The van der Waals surface area contributed by atoms with Gasteiger partial charge in [-0.1, -0.05) is 83.2 Å². The van der Waals surface area contributed by atoms with Gasteiger partial charge in [0.15, 0.2) is 0 Å². The number of nitrogens with zero attached hydrogens (tertiary/aromatic N) is 1. The van der Waals surface area contributed by atoms with Crippen LogP contribution in [0.25, 0.3) is 29.1 Å². The molecule has 0 saturated carbocycles. The maximum atomic E-state index is 4.84. The van der Waals surface area contributed by atoms with Crippen molar-refractivity contribution in [3.63, 3.8) is 0 Å². The number of aromatic nitrogens is 1. The van der Waals surface area contributed by atoms with Gasteiger partial charge in [0.05, 0.1) is 5.52 Å². The lowest BCUT2D eigenvalue weighted by atomic mass is 9.91. The van der Waals surface area contributed by atoms with Crippen LogP contribution in [0.15, 0.2) is 54.6 Å². The van der Waals surface area contributed by atoms with Crippen LogP contribution in [0.5, 0.6) is 0 Å². The van der Waals surface area contributed by atoms with E-state index in [-0.39, 0.29) is 5.41 Å². The first-order valence-electron chi connectivity index (χ1n) is 10.6. The minimum atomic E-state index is 0.0690. The lowest BCUT2D eigenvalue weighted by molar-refractivity contribution is 0.571. The first-order valence-corrected chi connectivity index (χ1v) is 10.6. The first-order chi connectivity index (χ1) is 13.7. The number of aryl methyl sites for hydroxylation is 1. The molecule has 3 aromatic rings. The molecule has 29 heavy (non-hydrogen) atoms. The Kier molecular flexibility index (Phi) is 6.37. The molecule has 0 N–H and O–H groups in total. The van der Waals surface area contributed by atoms with E-state index in [0.29, 0.717) is 5.92 Å². The Hall–Kier alpha value is -2.67. The number of pyridine rings is 1. The zero-order valence-electron chi connectivity index (χ0n) is 18.7. The van der Waals surface area contributed by atoms with Crippen LogP contribution in [-0.4, -0.2) is 4.98 Å². The van der Waals surface area contributed by atoms with E-state index in [4.69, 9.17) is 4.98 Å². The fourth-order valence-electron chi connectivity index (χ4n) is 3.27. The van der Waals surface area contributed by atoms with Crippen molar-refractivity contribution in [2.75, 3.05) is 0 Å². The molecule has 0 spiro atoms. The Morgan fingerprint density at radius 1 is 0.862 bits per heavy atom. The molecule has 0 amide bonds. The average Bonchev–Trinajstić information content (AvgIpc) is 2.66. The summed E-state index contributed by atoms with van der Waals surface area (Å²) in [4.78, 5) is 4.84. The highest BCUT2D eigenvalue weighted by Gasteiger charge is 2.15. The van der Waals surface area contributed by atoms with E-state index in [9.17, 15) is 0 Å². The fourth-order valence-corrected chi connectivity index (χ4v) is 3.27. The molecular formula is C28H33N. The van der Waals surface area contributed by atoms with Gasteiger partial charge in [0.2, 0.25) is 0 Å². The Labute approximate surface area is 176 Å². The highest BCUT2D eigenvalue weighted by Crippen LogP contribution is 2.24. The predicted octanol–water partition coefficient (Wildman–Crippen LogP) is 8.07. The van der Waals surface area contributed by atoms with Crippen LogP contribution in [0.3, 0.4) is 0 Å². The summed E-state index contributed by atoms with van der Waals surface area (Å²) in [6.07, 6.45) is 10.0.